The van der Waals surface area contributed by atoms with E-state index in [1.165, 1.54) is 29.3 Å². The Bertz CT molecular complexity index is 1260. The summed E-state index contributed by atoms with van der Waals surface area (Å²) in [6, 6.07) is 14.7. The van der Waals surface area contributed by atoms with Crippen LogP contribution in [0, 0.1) is 6.57 Å². The van der Waals surface area contributed by atoms with Gasteiger partial charge >= 0.3 is 0 Å². The first-order valence-electron chi connectivity index (χ1n) is 9.13. The molecule has 31 heavy (non-hydrogen) atoms. The molecule has 4 aromatic rings. The Labute approximate surface area is 187 Å². The van der Waals surface area contributed by atoms with Crippen LogP contribution in [0.3, 0.4) is 0 Å². The van der Waals surface area contributed by atoms with E-state index in [0.717, 1.165) is 16.9 Å². The Balaban J connectivity index is 1.49. The van der Waals surface area contributed by atoms with Crippen LogP contribution in [0.2, 0.25) is 0 Å². The molecule has 0 saturated carbocycles. The average Bonchev–Trinajstić information content (AvgIpc) is 3.28. The van der Waals surface area contributed by atoms with Crippen LogP contribution in [0.15, 0.2) is 71.3 Å². The van der Waals surface area contributed by atoms with Crippen molar-refractivity contribution in [3.05, 3.63) is 83.3 Å². The zero-order valence-electron chi connectivity index (χ0n) is 16.4. The minimum absolute atomic E-state index is 0.234. The molecule has 7 nitrogen and oxygen atoms in total. The molecule has 0 spiro atoms. The number of pyridine rings is 2. The van der Waals surface area contributed by atoms with Crippen LogP contribution in [0.25, 0.3) is 16.1 Å². The second-order valence-electron chi connectivity index (χ2n) is 6.27. The van der Waals surface area contributed by atoms with Gasteiger partial charge in [0, 0.05) is 29.0 Å². The first kappa shape index (κ1) is 20.5. The topological polar surface area (TPSA) is 84.2 Å². The summed E-state index contributed by atoms with van der Waals surface area (Å²) in [7, 11) is 0. The Morgan fingerprint density at radius 2 is 2.06 bits per heavy atom. The van der Waals surface area contributed by atoms with Crippen molar-refractivity contribution in [1.29, 1.82) is 0 Å². The third kappa shape index (κ3) is 4.88. The molecular formula is C22H16N6OS2. The average molecular weight is 445 g/mol. The number of nitrogens with zero attached hydrogens (tertiary/aromatic N) is 4. The van der Waals surface area contributed by atoms with E-state index in [4.69, 9.17) is 6.57 Å². The fraction of sp³-hybridized carbons (Fsp3) is 0.0455. The number of rotatable bonds is 6. The summed E-state index contributed by atoms with van der Waals surface area (Å²) in [4.78, 5) is 29.0. The molecule has 152 valence electrons. The first-order valence-corrected chi connectivity index (χ1v) is 11.2. The minimum atomic E-state index is -0.234. The molecule has 0 unspecified atom stereocenters. The minimum Gasteiger partial charge on any atom is -0.340 e. The number of anilines is 3. The van der Waals surface area contributed by atoms with Crippen LogP contribution in [0.1, 0.15) is 10.4 Å². The fourth-order valence-electron chi connectivity index (χ4n) is 2.78. The standard InChI is InChI=1S/C22H16N6OS2/c1-23-16-8-9-19(25-12-16)26-15-6-3-5-14(11-15)18-13-31-22(27-18)28-20(29)17-7-4-10-24-21(17)30-2/h3-13H,2H3,(H,25,26)(H,27,28,29). The van der Waals surface area contributed by atoms with Crippen molar-refractivity contribution in [3.63, 3.8) is 0 Å². The smallest absolute Gasteiger partial charge is 0.260 e. The lowest BCUT2D eigenvalue weighted by molar-refractivity contribution is 0.102. The van der Waals surface area contributed by atoms with Crippen LogP contribution < -0.4 is 10.6 Å². The van der Waals surface area contributed by atoms with E-state index in [-0.39, 0.29) is 5.91 Å². The molecule has 0 aliphatic heterocycles. The van der Waals surface area contributed by atoms with Crippen LogP contribution in [-0.4, -0.2) is 27.1 Å². The van der Waals surface area contributed by atoms with Gasteiger partial charge in [0.2, 0.25) is 5.69 Å². The highest BCUT2D eigenvalue weighted by atomic mass is 32.2. The van der Waals surface area contributed by atoms with Gasteiger partial charge in [-0.25, -0.2) is 14.8 Å². The molecule has 0 aliphatic rings. The number of carbonyl (C=O) groups is 1. The Hall–Kier alpha value is -3.74. The van der Waals surface area contributed by atoms with Gasteiger partial charge in [-0.15, -0.1) is 23.1 Å². The second-order valence-corrected chi connectivity index (χ2v) is 7.92. The predicted octanol–water partition coefficient (Wildman–Crippen LogP) is 5.87. The molecule has 0 radical (unpaired) electrons. The molecule has 4 rings (SSSR count). The molecule has 0 saturated heterocycles. The maximum Gasteiger partial charge on any atom is 0.260 e. The van der Waals surface area contributed by atoms with E-state index < -0.39 is 0 Å². The number of hydrogen-bond donors (Lipinski definition) is 2. The number of aromatic nitrogens is 3. The molecule has 3 aromatic heterocycles. The van der Waals surface area contributed by atoms with Gasteiger partial charge in [-0.1, -0.05) is 18.2 Å². The molecule has 1 amide bonds. The normalized spacial score (nSPS) is 10.3. The van der Waals surface area contributed by atoms with Crippen LogP contribution >= 0.6 is 23.1 Å². The SMILES string of the molecule is [C-]#[N+]c1ccc(Nc2cccc(-c3csc(NC(=O)c4cccnc4SC)n3)c2)nc1. The number of benzene rings is 1. The van der Waals surface area contributed by atoms with Crippen molar-refractivity contribution in [2.24, 2.45) is 0 Å². The van der Waals surface area contributed by atoms with E-state index in [1.807, 2.05) is 35.9 Å². The number of thiazole rings is 1. The van der Waals surface area contributed by atoms with Crippen molar-refractivity contribution in [3.8, 4) is 11.3 Å². The third-order valence-corrected chi connectivity index (χ3v) is 5.71. The highest BCUT2D eigenvalue weighted by Gasteiger charge is 2.14. The van der Waals surface area contributed by atoms with Gasteiger partial charge < -0.3 is 5.32 Å². The number of carbonyl (C=O) groups excluding carboxylic acids is 1. The van der Waals surface area contributed by atoms with E-state index in [0.29, 0.717) is 27.2 Å². The van der Waals surface area contributed by atoms with Gasteiger partial charge in [0.05, 0.1) is 17.8 Å². The van der Waals surface area contributed by atoms with Crippen molar-refractivity contribution in [1.82, 2.24) is 15.0 Å². The van der Waals surface area contributed by atoms with Crippen LogP contribution in [0.5, 0.6) is 0 Å². The van der Waals surface area contributed by atoms with Gasteiger partial charge in [-0.05, 0) is 36.6 Å². The van der Waals surface area contributed by atoms with Gasteiger partial charge in [0.15, 0.2) is 5.13 Å². The summed E-state index contributed by atoms with van der Waals surface area (Å²) in [6.45, 7) is 7.00. The van der Waals surface area contributed by atoms with Crippen LogP contribution in [0.4, 0.5) is 22.3 Å². The molecule has 0 aliphatic carbocycles. The largest absolute Gasteiger partial charge is 0.340 e. The molecular weight excluding hydrogens is 428 g/mol. The van der Waals surface area contributed by atoms with E-state index >= 15 is 0 Å². The molecule has 0 atom stereocenters. The monoisotopic (exact) mass is 444 g/mol. The maximum atomic E-state index is 12.6. The quantitative estimate of drug-likeness (QED) is 0.286. The summed E-state index contributed by atoms with van der Waals surface area (Å²) < 4.78 is 0. The van der Waals surface area contributed by atoms with Crippen molar-refractivity contribution in [2.75, 3.05) is 16.9 Å². The fourth-order valence-corrected chi connectivity index (χ4v) is 4.05. The van der Waals surface area contributed by atoms with Crippen molar-refractivity contribution in [2.45, 2.75) is 5.03 Å². The number of hydrogen-bond acceptors (Lipinski definition) is 7. The number of nitrogens with one attached hydrogen (secondary N) is 2. The molecule has 2 N–H and O–H groups in total. The summed E-state index contributed by atoms with van der Waals surface area (Å²) in [5, 5.41) is 9.17. The molecule has 0 fully saturated rings. The molecule has 9 heteroatoms. The Morgan fingerprint density at radius 1 is 1.16 bits per heavy atom. The summed E-state index contributed by atoms with van der Waals surface area (Å²) >= 11 is 2.79. The highest BCUT2D eigenvalue weighted by molar-refractivity contribution is 7.98. The first-order chi connectivity index (χ1) is 15.2. The van der Waals surface area contributed by atoms with Crippen molar-refractivity contribution < 1.29 is 4.79 Å². The summed E-state index contributed by atoms with van der Waals surface area (Å²) in [5.74, 6) is 0.416. The highest BCUT2D eigenvalue weighted by Crippen LogP contribution is 2.28. The predicted molar refractivity (Wildman–Crippen MR) is 125 cm³/mol. The second kappa shape index (κ2) is 9.38. The van der Waals surface area contributed by atoms with Gasteiger partial charge in [0.25, 0.3) is 5.91 Å². The van der Waals surface area contributed by atoms with Gasteiger partial charge in [0.1, 0.15) is 10.8 Å². The van der Waals surface area contributed by atoms with E-state index in [2.05, 4.69) is 30.4 Å². The van der Waals surface area contributed by atoms with Gasteiger partial charge in [-0.3, -0.25) is 15.1 Å². The van der Waals surface area contributed by atoms with E-state index in [1.54, 1.807) is 30.5 Å². The summed E-state index contributed by atoms with van der Waals surface area (Å²) in [6.07, 6.45) is 5.08. The lowest BCUT2D eigenvalue weighted by Crippen LogP contribution is -2.13. The van der Waals surface area contributed by atoms with Crippen LogP contribution in [-0.2, 0) is 0 Å². The lowest BCUT2D eigenvalue weighted by atomic mass is 10.1. The lowest BCUT2D eigenvalue weighted by Gasteiger charge is -2.07. The molecule has 3 heterocycles. The zero-order valence-corrected chi connectivity index (χ0v) is 18.0. The Morgan fingerprint density at radius 3 is 2.84 bits per heavy atom. The number of thioether (sulfide) groups is 1. The molecule has 1 aromatic carbocycles. The van der Waals surface area contributed by atoms with Crippen molar-refractivity contribution >= 4 is 51.3 Å². The zero-order chi connectivity index (χ0) is 21.6. The Kier molecular flexibility index (Phi) is 6.21. The maximum absolute atomic E-state index is 12.6. The third-order valence-electron chi connectivity index (χ3n) is 4.24. The van der Waals surface area contributed by atoms with E-state index in [9.17, 15) is 4.79 Å². The summed E-state index contributed by atoms with van der Waals surface area (Å²) in [5.41, 5.74) is 3.53. The van der Waals surface area contributed by atoms with Gasteiger partial charge in [-0.2, -0.15) is 0 Å². The molecule has 0 bridgehead atoms. The number of amides is 1.